The van der Waals surface area contributed by atoms with Crippen molar-refractivity contribution >= 4 is 32.8 Å². The van der Waals surface area contributed by atoms with Crippen LogP contribution in [0.1, 0.15) is 10.8 Å². The van der Waals surface area contributed by atoms with Crippen molar-refractivity contribution in [3.63, 3.8) is 0 Å². The summed E-state index contributed by atoms with van der Waals surface area (Å²) in [5.41, 5.74) is 0.659. The van der Waals surface area contributed by atoms with E-state index in [9.17, 15) is 8.42 Å². The van der Waals surface area contributed by atoms with Crippen LogP contribution in [0.5, 0.6) is 0 Å². The van der Waals surface area contributed by atoms with Gasteiger partial charge in [-0.3, -0.25) is 0 Å². The van der Waals surface area contributed by atoms with Gasteiger partial charge in [0.15, 0.2) is 15.7 Å². The zero-order chi connectivity index (χ0) is 17.4. The fraction of sp³-hybridized carbons (Fsp3) is 0.267. The molecule has 0 spiro atoms. The third-order valence-electron chi connectivity index (χ3n) is 3.89. The first kappa shape index (κ1) is 16.6. The fourth-order valence-electron chi connectivity index (χ4n) is 2.65. The Bertz CT molecular complexity index is 1010. The molecule has 0 fully saturated rings. The molecule has 7 nitrogen and oxygen atoms in total. The number of hydrogen-bond donors (Lipinski definition) is 1. The lowest BCUT2D eigenvalue weighted by atomic mass is 10.4. The highest BCUT2D eigenvalue weighted by Crippen LogP contribution is 2.25. The summed E-state index contributed by atoms with van der Waals surface area (Å²) in [6.07, 6.45) is 0. The number of rotatable bonds is 4. The lowest BCUT2D eigenvalue weighted by Crippen LogP contribution is -2.28. The molecule has 0 radical (unpaired) electrons. The van der Waals surface area contributed by atoms with Crippen molar-refractivity contribution in [1.29, 1.82) is 0 Å². The minimum atomic E-state index is -3.47. The number of thiazole rings is 1. The lowest BCUT2D eigenvalue weighted by molar-refractivity contribution is 0.508. The Balaban J connectivity index is 1.59. The van der Waals surface area contributed by atoms with Crippen molar-refractivity contribution < 1.29 is 8.42 Å². The average molecular weight is 396 g/mol. The molecule has 1 aliphatic heterocycles. The molecule has 0 saturated carbocycles. The zero-order valence-corrected chi connectivity index (χ0v) is 15.4. The molecule has 0 bridgehead atoms. The van der Waals surface area contributed by atoms with Gasteiger partial charge in [-0.15, -0.1) is 21.5 Å². The molecule has 4 rings (SSSR count). The van der Waals surface area contributed by atoms with Crippen LogP contribution in [0.25, 0.3) is 11.5 Å². The van der Waals surface area contributed by atoms with Gasteiger partial charge in [0.2, 0.25) is 0 Å². The fourth-order valence-corrected chi connectivity index (χ4v) is 5.18. The van der Waals surface area contributed by atoms with Crippen LogP contribution < -0.4 is 5.32 Å². The average Bonchev–Trinajstić information content (AvgIpc) is 3.21. The molecule has 25 heavy (non-hydrogen) atoms. The number of aromatic nitrogens is 4. The molecule has 0 unspecified atom stereocenters. The molecule has 3 heterocycles. The zero-order valence-electron chi connectivity index (χ0n) is 13.0. The van der Waals surface area contributed by atoms with E-state index in [4.69, 9.17) is 11.6 Å². The molecule has 130 valence electrons. The normalized spacial score (nSPS) is 14.4. The number of sulfone groups is 1. The Hall–Kier alpha value is -1.81. The van der Waals surface area contributed by atoms with Gasteiger partial charge in [-0.2, -0.15) is 0 Å². The second-order valence-electron chi connectivity index (χ2n) is 5.61. The summed E-state index contributed by atoms with van der Waals surface area (Å²) in [5, 5.41) is 14.4. The van der Waals surface area contributed by atoms with Gasteiger partial charge >= 0.3 is 0 Å². The Kier molecular flexibility index (Phi) is 4.32. The van der Waals surface area contributed by atoms with E-state index in [0.717, 1.165) is 18.9 Å². The Morgan fingerprint density at radius 2 is 2.04 bits per heavy atom. The van der Waals surface area contributed by atoms with Crippen LogP contribution in [0.3, 0.4) is 0 Å². The minimum Gasteiger partial charge on any atom is -0.308 e. The Labute approximate surface area is 153 Å². The van der Waals surface area contributed by atoms with E-state index in [2.05, 4.69) is 20.5 Å². The van der Waals surface area contributed by atoms with Gasteiger partial charge < -0.3 is 9.88 Å². The standard InChI is InChI=1S/C15H14ClN5O2S2/c16-10-1-3-11(4-2-10)25(22,23)9-14-18-12(8-24-14)15-20-19-13-7-17-5-6-21(13)15/h1-4,8,17H,5-7,9H2. The smallest absolute Gasteiger partial charge is 0.184 e. The highest BCUT2D eigenvalue weighted by Gasteiger charge is 2.21. The van der Waals surface area contributed by atoms with Gasteiger partial charge in [-0.25, -0.2) is 13.4 Å². The van der Waals surface area contributed by atoms with E-state index in [0.29, 0.717) is 28.1 Å². The van der Waals surface area contributed by atoms with Crippen LogP contribution in [0.2, 0.25) is 5.02 Å². The van der Waals surface area contributed by atoms with E-state index >= 15 is 0 Å². The second kappa shape index (κ2) is 6.49. The summed E-state index contributed by atoms with van der Waals surface area (Å²) in [6.45, 7) is 2.29. The van der Waals surface area contributed by atoms with Crippen LogP contribution in [0.4, 0.5) is 0 Å². The number of benzene rings is 1. The third kappa shape index (κ3) is 3.32. The maximum absolute atomic E-state index is 12.5. The maximum atomic E-state index is 12.5. The van der Waals surface area contributed by atoms with Gasteiger partial charge in [0.05, 0.1) is 11.4 Å². The van der Waals surface area contributed by atoms with Gasteiger partial charge in [0.1, 0.15) is 22.3 Å². The molecule has 1 aromatic carbocycles. The van der Waals surface area contributed by atoms with Gasteiger partial charge in [0.25, 0.3) is 0 Å². The third-order valence-corrected chi connectivity index (χ3v) is 6.82. The van der Waals surface area contributed by atoms with Crippen LogP contribution in [0.15, 0.2) is 34.5 Å². The number of halogens is 1. The highest BCUT2D eigenvalue weighted by atomic mass is 35.5. The molecule has 1 aliphatic rings. The topological polar surface area (TPSA) is 89.8 Å². The quantitative estimate of drug-likeness (QED) is 0.727. The lowest BCUT2D eigenvalue weighted by Gasteiger charge is -2.15. The van der Waals surface area contributed by atoms with E-state index in [1.807, 2.05) is 9.95 Å². The predicted octanol–water partition coefficient (Wildman–Crippen LogP) is 2.13. The highest BCUT2D eigenvalue weighted by molar-refractivity contribution is 7.90. The SMILES string of the molecule is O=S(=O)(Cc1nc(-c2nnc3n2CCNC3)cs1)c1ccc(Cl)cc1. The van der Waals surface area contributed by atoms with Crippen LogP contribution in [-0.2, 0) is 28.7 Å². The van der Waals surface area contributed by atoms with Crippen LogP contribution in [-0.4, -0.2) is 34.7 Å². The van der Waals surface area contributed by atoms with Crippen molar-refractivity contribution in [2.45, 2.75) is 23.7 Å². The molecule has 0 amide bonds. The summed E-state index contributed by atoms with van der Waals surface area (Å²) in [6, 6.07) is 6.15. The number of fused-ring (bicyclic) bond motifs is 1. The summed E-state index contributed by atoms with van der Waals surface area (Å²) in [4.78, 5) is 4.69. The van der Waals surface area contributed by atoms with Crippen molar-refractivity contribution in [3.8, 4) is 11.5 Å². The van der Waals surface area contributed by atoms with Crippen LogP contribution in [0, 0.1) is 0 Å². The number of nitrogens with one attached hydrogen (secondary N) is 1. The van der Waals surface area contributed by atoms with E-state index in [1.165, 1.54) is 23.5 Å². The molecular weight excluding hydrogens is 382 g/mol. The Morgan fingerprint density at radius 3 is 2.84 bits per heavy atom. The molecule has 0 atom stereocenters. The summed E-state index contributed by atoms with van der Waals surface area (Å²) in [5.74, 6) is 1.40. The summed E-state index contributed by atoms with van der Waals surface area (Å²) in [7, 11) is -3.47. The van der Waals surface area contributed by atoms with Crippen molar-refractivity contribution in [3.05, 3.63) is 45.5 Å². The molecular formula is C15H14ClN5O2S2. The van der Waals surface area contributed by atoms with Gasteiger partial charge in [-0.1, -0.05) is 11.6 Å². The summed E-state index contributed by atoms with van der Waals surface area (Å²) < 4.78 is 27.1. The maximum Gasteiger partial charge on any atom is 0.184 e. The molecule has 1 N–H and O–H groups in total. The minimum absolute atomic E-state index is 0.151. The van der Waals surface area contributed by atoms with Gasteiger partial charge in [-0.05, 0) is 24.3 Å². The van der Waals surface area contributed by atoms with Gasteiger partial charge in [0, 0.05) is 23.5 Å². The first-order valence-electron chi connectivity index (χ1n) is 7.59. The van der Waals surface area contributed by atoms with E-state index in [1.54, 1.807) is 12.1 Å². The monoisotopic (exact) mass is 395 g/mol. The van der Waals surface area contributed by atoms with Crippen molar-refractivity contribution in [2.24, 2.45) is 0 Å². The van der Waals surface area contributed by atoms with Crippen molar-refractivity contribution in [2.75, 3.05) is 6.54 Å². The van der Waals surface area contributed by atoms with E-state index in [-0.39, 0.29) is 10.6 Å². The number of hydrogen-bond acceptors (Lipinski definition) is 7. The van der Waals surface area contributed by atoms with Crippen molar-refractivity contribution in [1.82, 2.24) is 25.1 Å². The molecule has 0 saturated heterocycles. The molecule has 10 heteroatoms. The summed E-state index contributed by atoms with van der Waals surface area (Å²) >= 11 is 7.13. The first-order chi connectivity index (χ1) is 12.0. The molecule has 0 aliphatic carbocycles. The second-order valence-corrected chi connectivity index (χ2v) is 8.98. The van der Waals surface area contributed by atoms with Crippen LogP contribution >= 0.6 is 22.9 Å². The first-order valence-corrected chi connectivity index (χ1v) is 10.5. The molecule has 2 aromatic heterocycles. The Morgan fingerprint density at radius 1 is 1.24 bits per heavy atom. The number of nitrogens with zero attached hydrogens (tertiary/aromatic N) is 4. The predicted molar refractivity (Wildman–Crippen MR) is 95.2 cm³/mol. The largest absolute Gasteiger partial charge is 0.308 e. The molecule has 3 aromatic rings. The van der Waals surface area contributed by atoms with E-state index < -0.39 is 9.84 Å².